The maximum absolute atomic E-state index is 13.6. The zero-order valence-corrected chi connectivity index (χ0v) is 21.0. The molecule has 2 aromatic rings. The van der Waals surface area contributed by atoms with Crippen LogP contribution in [0.5, 0.6) is 5.75 Å². The Labute approximate surface area is 203 Å². The summed E-state index contributed by atoms with van der Waals surface area (Å²) in [7, 11) is -1.80. The molecule has 2 heterocycles. The maximum Gasteiger partial charge on any atom is 0.247 e. The number of aliphatic hydroxyl groups excluding tert-OH is 1. The molecule has 1 N–H and O–H groups in total. The van der Waals surface area contributed by atoms with Crippen molar-refractivity contribution in [2.24, 2.45) is 5.92 Å². The molecule has 3 atom stereocenters. The van der Waals surface area contributed by atoms with Gasteiger partial charge in [-0.3, -0.25) is 9.88 Å². The van der Waals surface area contributed by atoms with Gasteiger partial charge in [0.1, 0.15) is 16.7 Å². The number of aromatic nitrogens is 1. The molecular formula is C26H35N3O4S. The largest absolute Gasteiger partial charge is 0.487 e. The molecule has 2 aliphatic rings. The van der Waals surface area contributed by atoms with Gasteiger partial charge in [-0.25, -0.2) is 8.42 Å². The zero-order chi connectivity index (χ0) is 24.3. The number of sulfonamides is 1. The van der Waals surface area contributed by atoms with Crippen LogP contribution in [0.4, 0.5) is 0 Å². The lowest BCUT2D eigenvalue weighted by Crippen LogP contribution is -2.49. The van der Waals surface area contributed by atoms with Gasteiger partial charge >= 0.3 is 0 Å². The van der Waals surface area contributed by atoms with Gasteiger partial charge in [-0.15, -0.1) is 0 Å². The molecular weight excluding hydrogens is 450 g/mol. The number of pyridine rings is 1. The first kappa shape index (κ1) is 24.9. The Kier molecular flexibility index (Phi) is 7.72. The molecule has 34 heavy (non-hydrogen) atoms. The standard InChI is InChI=1S/C26H35N3O4S/c1-19-15-29(20(2)18-30)34(31,32)26-12-11-22(21-8-4-5-9-21)14-24(26)33-25(19)17-28(3)16-23-10-6-7-13-27-23/h6-8,10-14,19-20,25,30H,4-5,9,15-18H2,1-3H3/t19-,20+,25-/m1/s1. The first-order chi connectivity index (χ1) is 16.3. The average molecular weight is 486 g/mol. The number of rotatable bonds is 7. The number of fused-ring (bicyclic) bond motifs is 1. The first-order valence-electron chi connectivity index (χ1n) is 12.0. The highest BCUT2D eigenvalue weighted by molar-refractivity contribution is 7.89. The van der Waals surface area contributed by atoms with Crippen molar-refractivity contribution in [1.82, 2.24) is 14.2 Å². The number of hydrogen-bond acceptors (Lipinski definition) is 6. The monoisotopic (exact) mass is 485 g/mol. The van der Waals surface area contributed by atoms with E-state index in [-0.39, 0.29) is 30.1 Å². The number of hydrogen-bond donors (Lipinski definition) is 1. The summed E-state index contributed by atoms with van der Waals surface area (Å²) in [6, 6.07) is 10.8. The molecule has 184 valence electrons. The molecule has 0 radical (unpaired) electrons. The lowest BCUT2D eigenvalue weighted by atomic mass is 10.0. The Morgan fingerprint density at radius 1 is 1.29 bits per heavy atom. The van der Waals surface area contributed by atoms with Gasteiger partial charge in [-0.05, 0) is 68.6 Å². The van der Waals surface area contributed by atoms with Gasteiger partial charge in [-0.1, -0.05) is 25.1 Å². The van der Waals surface area contributed by atoms with Gasteiger partial charge in [0, 0.05) is 37.8 Å². The van der Waals surface area contributed by atoms with Gasteiger partial charge < -0.3 is 9.84 Å². The second-order valence-corrected chi connectivity index (χ2v) is 11.4. The Morgan fingerprint density at radius 3 is 2.79 bits per heavy atom. The number of likely N-dealkylation sites (N-methyl/N-ethyl adjacent to an activating group) is 1. The fourth-order valence-electron chi connectivity index (χ4n) is 4.72. The fraction of sp³-hybridized carbons (Fsp3) is 0.500. The first-order valence-corrected chi connectivity index (χ1v) is 13.4. The van der Waals surface area contributed by atoms with E-state index in [1.54, 1.807) is 19.2 Å². The van der Waals surface area contributed by atoms with Gasteiger partial charge in [-0.2, -0.15) is 4.31 Å². The number of allylic oxidation sites excluding steroid dienone is 2. The van der Waals surface area contributed by atoms with Crippen molar-refractivity contribution in [3.63, 3.8) is 0 Å². The second-order valence-electron chi connectivity index (χ2n) is 9.54. The molecule has 7 nitrogen and oxygen atoms in total. The quantitative estimate of drug-likeness (QED) is 0.646. The lowest BCUT2D eigenvalue weighted by Gasteiger charge is -2.37. The Morgan fingerprint density at radius 2 is 2.12 bits per heavy atom. The molecule has 0 bridgehead atoms. The van der Waals surface area contributed by atoms with E-state index >= 15 is 0 Å². The number of aliphatic hydroxyl groups is 1. The summed E-state index contributed by atoms with van der Waals surface area (Å²) in [5.74, 6) is 0.306. The third-order valence-corrected chi connectivity index (χ3v) is 8.75. The Bertz CT molecular complexity index is 1120. The highest BCUT2D eigenvalue weighted by Crippen LogP contribution is 2.37. The van der Waals surface area contributed by atoms with E-state index in [9.17, 15) is 13.5 Å². The van der Waals surface area contributed by atoms with Crippen molar-refractivity contribution in [2.75, 3.05) is 26.7 Å². The maximum atomic E-state index is 13.6. The van der Waals surface area contributed by atoms with Gasteiger partial charge in [0.15, 0.2) is 0 Å². The molecule has 0 unspecified atom stereocenters. The van der Waals surface area contributed by atoms with Crippen molar-refractivity contribution in [3.05, 3.63) is 59.9 Å². The summed E-state index contributed by atoms with van der Waals surface area (Å²) in [5, 5.41) is 9.82. The number of ether oxygens (including phenoxy) is 1. The summed E-state index contributed by atoms with van der Waals surface area (Å²) >= 11 is 0. The molecule has 0 saturated carbocycles. The lowest BCUT2D eigenvalue weighted by molar-refractivity contribution is 0.0730. The Balaban J connectivity index is 1.69. The van der Waals surface area contributed by atoms with E-state index < -0.39 is 16.1 Å². The van der Waals surface area contributed by atoms with Crippen molar-refractivity contribution >= 4 is 15.6 Å². The van der Waals surface area contributed by atoms with Crippen LogP contribution in [0.3, 0.4) is 0 Å². The minimum Gasteiger partial charge on any atom is -0.487 e. The van der Waals surface area contributed by atoms with Crippen molar-refractivity contribution < 1.29 is 18.3 Å². The SMILES string of the molecule is C[C@@H]1CN([C@@H](C)CO)S(=O)(=O)c2ccc(C3=CCCC3)cc2O[C@@H]1CN(C)Cc1ccccn1. The second kappa shape index (κ2) is 10.6. The fourth-order valence-corrected chi connectivity index (χ4v) is 6.54. The number of benzene rings is 1. The van der Waals surface area contributed by atoms with Crippen LogP contribution in [0.1, 0.15) is 44.4 Å². The molecule has 0 saturated heterocycles. The van der Waals surface area contributed by atoms with E-state index in [1.807, 2.05) is 44.3 Å². The topological polar surface area (TPSA) is 83.0 Å². The van der Waals surface area contributed by atoms with E-state index in [0.717, 1.165) is 30.5 Å². The average Bonchev–Trinajstić information content (AvgIpc) is 3.36. The van der Waals surface area contributed by atoms with Crippen molar-refractivity contribution in [1.29, 1.82) is 0 Å². The summed E-state index contributed by atoms with van der Waals surface area (Å²) in [5.41, 5.74) is 3.22. The molecule has 0 amide bonds. The van der Waals surface area contributed by atoms with Crippen LogP contribution in [0, 0.1) is 5.92 Å². The van der Waals surface area contributed by atoms with Crippen LogP contribution in [0.15, 0.2) is 53.6 Å². The van der Waals surface area contributed by atoms with Crippen LogP contribution in [-0.2, 0) is 16.6 Å². The minimum absolute atomic E-state index is 0.0857. The summed E-state index contributed by atoms with van der Waals surface area (Å²) in [6.07, 6.45) is 6.93. The normalized spacial score (nSPS) is 23.5. The molecule has 0 spiro atoms. The molecule has 1 aliphatic heterocycles. The Hall–Kier alpha value is -2.26. The van der Waals surface area contributed by atoms with Crippen LogP contribution in [0.2, 0.25) is 0 Å². The highest BCUT2D eigenvalue weighted by Gasteiger charge is 2.38. The van der Waals surface area contributed by atoms with E-state index in [1.165, 1.54) is 9.88 Å². The third kappa shape index (κ3) is 5.35. The third-order valence-electron chi connectivity index (χ3n) is 6.73. The molecule has 1 aromatic heterocycles. The molecule has 0 fully saturated rings. The van der Waals surface area contributed by atoms with Crippen LogP contribution >= 0.6 is 0 Å². The van der Waals surface area contributed by atoms with Crippen molar-refractivity contribution in [3.8, 4) is 5.75 Å². The molecule has 8 heteroatoms. The van der Waals surface area contributed by atoms with Crippen LogP contribution < -0.4 is 4.74 Å². The predicted molar refractivity (Wildman–Crippen MR) is 133 cm³/mol. The van der Waals surface area contributed by atoms with Crippen molar-refractivity contribution in [2.45, 2.75) is 56.7 Å². The summed E-state index contributed by atoms with van der Waals surface area (Å²) in [6.45, 7) is 5.08. The minimum atomic E-state index is -3.82. The highest BCUT2D eigenvalue weighted by atomic mass is 32.2. The zero-order valence-electron chi connectivity index (χ0n) is 20.2. The van der Waals surface area contributed by atoms with Gasteiger partial charge in [0.05, 0.1) is 12.3 Å². The number of nitrogens with zero attached hydrogens (tertiary/aromatic N) is 3. The van der Waals surface area contributed by atoms with Crippen LogP contribution in [0.25, 0.3) is 5.57 Å². The molecule has 1 aromatic carbocycles. The van der Waals surface area contributed by atoms with Gasteiger partial charge in [0.2, 0.25) is 10.0 Å². The predicted octanol–water partition coefficient (Wildman–Crippen LogP) is 3.55. The van der Waals surface area contributed by atoms with Crippen LogP contribution in [-0.4, -0.2) is 66.6 Å². The smallest absolute Gasteiger partial charge is 0.247 e. The van der Waals surface area contributed by atoms with E-state index in [0.29, 0.717) is 18.8 Å². The molecule has 4 rings (SSSR count). The van der Waals surface area contributed by atoms with E-state index in [2.05, 4.69) is 16.0 Å². The summed E-state index contributed by atoms with van der Waals surface area (Å²) in [4.78, 5) is 6.74. The van der Waals surface area contributed by atoms with E-state index in [4.69, 9.17) is 4.74 Å². The summed E-state index contributed by atoms with van der Waals surface area (Å²) < 4.78 is 35.2. The molecule has 1 aliphatic carbocycles. The van der Waals surface area contributed by atoms with Gasteiger partial charge in [0.25, 0.3) is 0 Å².